The van der Waals surface area contributed by atoms with Crippen molar-refractivity contribution in [2.45, 2.75) is 5.41 Å². The van der Waals surface area contributed by atoms with E-state index in [1.807, 2.05) is 36.4 Å². The van der Waals surface area contributed by atoms with Gasteiger partial charge in [0.2, 0.25) is 0 Å². The summed E-state index contributed by atoms with van der Waals surface area (Å²) in [6, 6.07) is 91.5. The molecule has 12 aromatic rings. The van der Waals surface area contributed by atoms with Crippen LogP contribution in [0.4, 0.5) is 0 Å². The second-order valence-corrected chi connectivity index (χ2v) is 17.5. The summed E-state index contributed by atoms with van der Waals surface area (Å²) in [7, 11) is 0. The maximum Gasteiger partial charge on any atom is 0.164 e. The summed E-state index contributed by atoms with van der Waals surface area (Å²) in [4.78, 5) is 15.8. The van der Waals surface area contributed by atoms with Crippen LogP contribution in [0.1, 0.15) is 22.3 Å². The summed E-state index contributed by atoms with van der Waals surface area (Å²) < 4.78 is 2.44. The van der Waals surface area contributed by atoms with Crippen LogP contribution in [-0.4, -0.2) is 19.5 Å². The van der Waals surface area contributed by atoms with Crippen molar-refractivity contribution in [2.24, 2.45) is 0 Å². The quantitative estimate of drug-likeness (QED) is 0.153. The Kier molecular flexibility index (Phi) is 9.36. The minimum absolute atomic E-state index is 0.589. The zero-order chi connectivity index (χ0) is 45.0. The first-order chi connectivity index (χ1) is 33.7. The molecule has 4 nitrogen and oxygen atoms in total. The number of hydrogen-bond donors (Lipinski definition) is 0. The second kappa shape index (κ2) is 16.2. The Bertz CT molecular complexity index is 3670. The van der Waals surface area contributed by atoms with E-state index in [1.165, 1.54) is 33.4 Å². The monoisotopic (exact) mass is 866 g/mol. The van der Waals surface area contributed by atoms with Crippen molar-refractivity contribution in [3.05, 3.63) is 277 Å². The highest BCUT2D eigenvalue weighted by molar-refractivity contribution is 6.16. The lowest BCUT2D eigenvalue weighted by Gasteiger charge is -2.34. The van der Waals surface area contributed by atoms with E-state index < -0.39 is 5.41 Å². The zero-order valence-electron chi connectivity index (χ0n) is 37.0. The minimum Gasteiger partial charge on any atom is -0.309 e. The van der Waals surface area contributed by atoms with Crippen LogP contribution >= 0.6 is 0 Å². The van der Waals surface area contributed by atoms with E-state index in [9.17, 15) is 0 Å². The average Bonchev–Trinajstić information content (AvgIpc) is 3.92. The van der Waals surface area contributed by atoms with Gasteiger partial charge < -0.3 is 4.57 Å². The summed E-state index contributed by atoms with van der Waals surface area (Å²) in [6.45, 7) is 0. The van der Waals surface area contributed by atoms with Crippen LogP contribution in [0, 0.1) is 0 Å². The van der Waals surface area contributed by atoms with E-state index in [1.54, 1.807) is 0 Å². The molecule has 68 heavy (non-hydrogen) atoms. The molecule has 318 valence electrons. The van der Waals surface area contributed by atoms with Gasteiger partial charge in [0, 0.05) is 33.2 Å². The van der Waals surface area contributed by atoms with Gasteiger partial charge in [-0.15, -0.1) is 0 Å². The van der Waals surface area contributed by atoms with Gasteiger partial charge in [-0.2, -0.15) is 0 Å². The van der Waals surface area contributed by atoms with Crippen LogP contribution < -0.4 is 0 Å². The summed E-state index contributed by atoms with van der Waals surface area (Å²) in [5.74, 6) is 1.87. The van der Waals surface area contributed by atoms with Crippen LogP contribution in [0.15, 0.2) is 255 Å². The third-order valence-electron chi connectivity index (χ3n) is 13.7. The molecular formula is C64H42N4. The first-order valence-electron chi connectivity index (χ1n) is 23.2. The van der Waals surface area contributed by atoms with Crippen molar-refractivity contribution in [1.82, 2.24) is 19.5 Å². The number of benzene rings is 10. The molecule has 0 fully saturated rings. The molecule has 0 bridgehead atoms. The van der Waals surface area contributed by atoms with E-state index in [0.717, 1.165) is 66.4 Å². The molecule has 0 amide bonds. The van der Waals surface area contributed by atoms with Crippen molar-refractivity contribution in [2.75, 3.05) is 0 Å². The summed E-state index contributed by atoms with van der Waals surface area (Å²) in [6.07, 6.45) is 0. The van der Waals surface area contributed by atoms with Gasteiger partial charge in [0.25, 0.3) is 0 Å². The van der Waals surface area contributed by atoms with E-state index >= 15 is 0 Å². The van der Waals surface area contributed by atoms with Crippen LogP contribution in [-0.2, 0) is 5.41 Å². The van der Waals surface area contributed by atoms with Gasteiger partial charge in [-0.3, -0.25) is 0 Å². The Hall–Kier alpha value is -8.99. The molecule has 0 N–H and O–H groups in total. The van der Waals surface area contributed by atoms with Crippen molar-refractivity contribution in [3.8, 4) is 73.2 Å². The van der Waals surface area contributed by atoms with Crippen molar-refractivity contribution in [1.29, 1.82) is 0 Å². The molecule has 0 atom stereocenters. The number of rotatable bonds is 8. The van der Waals surface area contributed by atoms with E-state index in [4.69, 9.17) is 15.0 Å². The van der Waals surface area contributed by atoms with E-state index in [2.05, 4.69) is 223 Å². The van der Waals surface area contributed by atoms with Gasteiger partial charge in [0.15, 0.2) is 17.5 Å². The number of fused-ring (bicyclic) bond motifs is 6. The normalized spacial score (nSPS) is 12.5. The molecule has 1 aliphatic carbocycles. The lowest BCUT2D eigenvalue weighted by Crippen LogP contribution is -2.28. The molecule has 4 heteroatoms. The Morgan fingerprint density at radius 3 is 1.29 bits per heavy atom. The van der Waals surface area contributed by atoms with Crippen molar-refractivity contribution < 1.29 is 0 Å². The molecule has 1 aliphatic rings. The first-order valence-corrected chi connectivity index (χ1v) is 23.2. The molecule has 10 aromatic carbocycles. The third-order valence-corrected chi connectivity index (χ3v) is 13.7. The van der Waals surface area contributed by atoms with Gasteiger partial charge in [-0.1, -0.05) is 218 Å². The molecule has 2 aromatic heterocycles. The number of nitrogens with zero attached hydrogens (tertiary/aromatic N) is 4. The minimum atomic E-state index is -0.589. The number of aromatic nitrogens is 4. The number of hydrogen-bond acceptors (Lipinski definition) is 3. The lowest BCUT2D eigenvalue weighted by molar-refractivity contribution is 0.770. The smallest absolute Gasteiger partial charge is 0.164 e. The fraction of sp³-hybridized carbons (Fsp3) is 0.0156. The zero-order valence-corrected chi connectivity index (χ0v) is 37.0. The fourth-order valence-corrected chi connectivity index (χ4v) is 10.7. The Morgan fingerprint density at radius 1 is 0.294 bits per heavy atom. The van der Waals surface area contributed by atoms with Crippen LogP contribution in [0.2, 0.25) is 0 Å². The van der Waals surface area contributed by atoms with Crippen molar-refractivity contribution >= 4 is 21.8 Å². The Morgan fingerprint density at radius 2 is 0.750 bits per heavy atom. The fourth-order valence-electron chi connectivity index (χ4n) is 10.7. The van der Waals surface area contributed by atoms with Gasteiger partial charge in [-0.05, 0) is 92.0 Å². The maximum absolute atomic E-state index is 5.34. The average molecular weight is 867 g/mol. The molecule has 0 spiro atoms. The SMILES string of the molecule is c1ccc(-c2cc(-c3ccccc3)cc(-n3c4ccc(C5(c6ccccc6)c6ccccc6-c6ccccc65)cc4c4c(-c5nc(-c6ccccc6)nc(-c6ccccc6)n5)cccc43)c2)cc1. The third kappa shape index (κ3) is 6.34. The highest BCUT2D eigenvalue weighted by Crippen LogP contribution is 2.56. The van der Waals surface area contributed by atoms with Gasteiger partial charge >= 0.3 is 0 Å². The Labute approximate surface area is 395 Å². The molecule has 0 aliphatic heterocycles. The van der Waals surface area contributed by atoms with Crippen molar-refractivity contribution in [3.63, 3.8) is 0 Å². The topological polar surface area (TPSA) is 43.6 Å². The molecule has 13 rings (SSSR count). The molecular weight excluding hydrogens is 825 g/mol. The molecule has 2 heterocycles. The highest BCUT2D eigenvalue weighted by Gasteiger charge is 2.46. The molecule has 0 radical (unpaired) electrons. The largest absolute Gasteiger partial charge is 0.309 e. The van der Waals surface area contributed by atoms with E-state index in [-0.39, 0.29) is 0 Å². The van der Waals surface area contributed by atoms with Crippen LogP contribution in [0.25, 0.3) is 95.0 Å². The maximum atomic E-state index is 5.34. The standard InChI is InChI=1S/C64H42N4/c1-6-21-43(22-7-1)47-39-48(44-23-8-2-9-24-44)41-51(40-47)68-58-38-37-50(64(49-29-14-5-15-30-49)56-34-18-16-31-52(56)53-32-17-19-35-57(53)64)42-55(58)60-54(33-20-36-59(60)68)63-66-61(45-25-10-3-11-26-45)65-62(67-63)46-27-12-4-13-28-46/h1-42H. The van der Waals surface area contributed by atoms with Gasteiger partial charge in [-0.25, -0.2) is 15.0 Å². The molecule has 0 saturated carbocycles. The Balaban J connectivity index is 1.15. The molecule has 0 unspecified atom stereocenters. The van der Waals surface area contributed by atoms with Crippen LogP contribution in [0.3, 0.4) is 0 Å². The van der Waals surface area contributed by atoms with Gasteiger partial charge in [0.05, 0.1) is 16.4 Å². The predicted molar refractivity (Wildman–Crippen MR) is 279 cm³/mol. The highest BCUT2D eigenvalue weighted by atomic mass is 15.0. The predicted octanol–water partition coefficient (Wildman–Crippen LogP) is 15.7. The summed E-state index contributed by atoms with van der Waals surface area (Å²) >= 11 is 0. The van der Waals surface area contributed by atoms with Gasteiger partial charge in [0.1, 0.15) is 0 Å². The molecule has 0 saturated heterocycles. The van der Waals surface area contributed by atoms with Crippen LogP contribution in [0.5, 0.6) is 0 Å². The lowest BCUT2D eigenvalue weighted by atomic mass is 9.67. The van der Waals surface area contributed by atoms with E-state index in [0.29, 0.717) is 17.5 Å². The first kappa shape index (κ1) is 39.4. The second-order valence-electron chi connectivity index (χ2n) is 17.5. The summed E-state index contributed by atoms with van der Waals surface area (Å²) in [5, 5.41) is 2.18. The summed E-state index contributed by atoms with van der Waals surface area (Å²) in [5.41, 5.74) is 17.5.